The van der Waals surface area contributed by atoms with Crippen LogP contribution in [0.1, 0.15) is 133 Å². The molecule has 4 aliphatic rings. The Morgan fingerprint density at radius 1 is 0.443 bits per heavy atom. The van der Waals surface area contributed by atoms with E-state index in [4.69, 9.17) is 45.5 Å². The summed E-state index contributed by atoms with van der Waals surface area (Å²) in [5.41, 5.74) is 25.8. The minimum atomic E-state index is -0.125. The van der Waals surface area contributed by atoms with Crippen molar-refractivity contribution in [3.05, 3.63) is 326 Å². The van der Waals surface area contributed by atoms with Gasteiger partial charge in [-0.3, -0.25) is 29.5 Å². The third-order valence-corrected chi connectivity index (χ3v) is 20.5. The smallest absolute Gasteiger partial charge is 0.678 e. The van der Waals surface area contributed by atoms with Gasteiger partial charge in [-0.05, 0) is 153 Å². The van der Waals surface area contributed by atoms with E-state index in [1.165, 1.54) is 99.7 Å². The van der Waals surface area contributed by atoms with E-state index in [0.29, 0.717) is 5.92 Å². The monoisotopic (exact) mass is 2250 g/mol. The molecule has 16 rings (SSSR count). The largest absolute Gasteiger partial charge is 2.00 e. The summed E-state index contributed by atoms with van der Waals surface area (Å²) in [6, 6.07) is 76.7. The van der Waals surface area contributed by atoms with Crippen LogP contribution in [0.2, 0.25) is 0 Å². The van der Waals surface area contributed by atoms with Crippen molar-refractivity contribution in [1.82, 2.24) is 24.9 Å². The quantitative estimate of drug-likeness (QED) is 0.0464. The molecule has 8 heterocycles. The molecule has 597 valence electrons. The topological polar surface area (TPSA) is 179 Å². The van der Waals surface area contributed by atoms with Gasteiger partial charge in [0.15, 0.2) is 11.6 Å². The van der Waals surface area contributed by atoms with E-state index < -0.39 is 0 Å². The third-order valence-electron chi connectivity index (χ3n) is 19.5. The molecule has 4 aliphatic heterocycles. The number of hydrogen-bond donors (Lipinski definition) is 2. The first kappa shape index (κ1) is 92.7. The van der Waals surface area contributed by atoms with Crippen LogP contribution in [-0.2, 0) is 104 Å². The third kappa shape index (κ3) is 23.0. The van der Waals surface area contributed by atoms with Gasteiger partial charge in [-0.15, -0.1) is 124 Å². The minimum absolute atomic E-state index is 0. The Hall–Kier alpha value is -9.42. The van der Waals surface area contributed by atoms with Crippen LogP contribution in [0.5, 0.6) is 0 Å². The summed E-state index contributed by atoms with van der Waals surface area (Å²) in [6.07, 6.45) is 19.4. The van der Waals surface area contributed by atoms with Crippen LogP contribution in [0, 0.1) is 24.1 Å². The number of fused-ring (bicyclic) bond motifs is 11. The van der Waals surface area contributed by atoms with Crippen LogP contribution in [0.4, 0.5) is 0 Å². The van der Waals surface area contributed by atoms with Crippen LogP contribution in [-0.4, -0.2) is 59.2 Å². The second-order valence-corrected chi connectivity index (χ2v) is 28.1. The molecule has 0 amide bonds. The molecule has 3 radical (unpaired) electrons. The molecular formula is C98H95Ir3N8O4PtS-3. The molecule has 12 aromatic rings. The van der Waals surface area contributed by atoms with E-state index >= 15 is 0 Å². The fraction of sp³-hybridized carbons (Fsp3) is 0.224. The van der Waals surface area contributed by atoms with Crippen LogP contribution in [0.25, 0.3) is 105 Å². The van der Waals surface area contributed by atoms with E-state index in [-0.39, 0.29) is 111 Å². The predicted octanol–water partition coefficient (Wildman–Crippen LogP) is 23.1. The van der Waals surface area contributed by atoms with E-state index in [2.05, 4.69) is 170 Å². The summed E-state index contributed by atoms with van der Waals surface area (Å²) in [7, 11) is 0. The summed E-state index contributed by atoms with van der Waals surface area (Å²) in [5, 5.41) is 28.9. The number of aliphatic hydroxyl groups is 2. The first-order chi connectivity index (χ1) is 54.0. The standard InChI is InChI=1S/C36H46N4.C20H13N2.C19H12N.C13H8NS.2C5H8O2.3Ir.Pt/c1-9-21-22(10-2)30-18-32-25(13-5)26(14-6)34(39-32)20-36-28(16-8)27(15-7)35(40-36)19-33-24(12-4)23(11-3)31(38-33)17-29(21)37-30;1-3-9-15(10-4-1)19-20(16-11-5-2-6-12-16)22-18-14-8-7-13-17(18)21-19;1-2-8-14(9-3-1)19-17-12-5-4-10-15(17)16-11-6-7-13-18(16)20-19;1-2-6-10(7-3-1)13-14-11-8-4-5-9-12(11)15-13;2*1-4(6)3-5(2)7;;;;/h17-21,29H,9-16H2,1-8H3;1-11,13-14H;1-8,10-13H;1-6,8-9H;2*3,6H,1-2H3;;;;/q-2;3*-1;;;;;;+2. The van der Waals surface area contributed by atoms with Crippen molar-refractivity contribution in [2.45, 2.75) is 140 Å². The van der Waals surface area contributed by atoms with Crippen molar-refractivity contribution >= 4 is 89.4 Å². The maximum atomic E-state index is 10.0. The van der Waals surface area contributed by atoms with E-state index in [1.54, 1.807) is 11.3 Å². The molecule has 0 aliphatic carbocycles. The van der Waals surface area contributed by atoms with Crippen LogP contribution in [0.15, 0.2) is 291 Å². The number of thiazole rings is 1. The van der Waals surface area contributed by atoms with Crippen molar-refractivity contribution in [1.29, 1.82) is 0 Å². The molecule has 4 aromatic heterocycles. The number of aliphatic hydroxyl groups excluding tert-OH is 2. The number of nitrogens with zero attached hydrogens (tertiary/aromatic N) is 8. The van der Waals surface area contributed by atoms with Crippen molar-refractivity contribution in [2.24, 2.45) is 15.9 Å². The van der Waals surface area contributed by atoms with Gasteiger partial charge in [-0.25, -0.2) is 9.98 Å². The number of carbonyl (C=O) groups is 2. The van der Waals surface area contributed by atoms with Crippen molar-refractivity contribution in [3.8, 4) is 44.3 Å². The zero-order valence-electron chi connectivity index (χ0n) is 66.8. The maximum Gasteiger partial charge on any atom is 2.00 e. The average Bonchev–Trinajstić information content (AvgIpc) is 1.46. The number of aromatic nitrogens is 5. The number of aliphatic imine (C=N–C) groups is 2. The summed E-state index contributed by atoms with van der Waals surface area (Å²) in [4.78, 5) is 54.9. The fourth-order valence-electron chi connectivity index (χ4n) is 14.6. The molecular weight excluding hydrogens is 2160 g/mol. The van der Waals surface area contributed by atoms with E-state index in [9.17, 15) is 9.59 Å². The Morgan fingerprint density at radius 2 is 0.887 bits per heavy atom. The second-order valence-electron chi connectivity index (χ2n) is 27.0. The molecule has 8 bridgehead atoms. The van der Waals surface area contributed by atoms with Gasteiger partial charge < -0.3 is 20.5 Å². The second kappa shape index (κ2) is 45.2. The zero-order chi connectivity index (χ0) is 78.5. The van der Waals surface area contributed by atoms with Crippen molar-refractivity contribution in [3.63, 3.8) is 0 Å². The molecule has 0 saturated carbocycles. The van der Waals surface area contributed by atoms with Crippen LogP contribution in [0.3, 0.4) is 0 Å². The molecule has 115 heavy (non-hydrogen) atoms. The molecule has 2 atom stereocenters. The van der Waals surface area contributed by atoms with Crippen LogP contribution >= 0.6 is 11.3 Å². The number of rotatable bonds is 14. The molecule has 12 nitrogen and oxygen atoms in total. The number of para-hydroxylation sites is 4. The normalized spacial score (nSPS) is 14.5. The van der Waals surface area contributed by atoms with Gasteiger partial charge in [0.25, 0.3) is 0 Å². The number of carbonyl (C=O) groups excluding carboxylic acids is 2. The number of pyridine rings is 1. The molecule has 0 spiro atoms. The summed E-state index contributed by atoms with van der Waals surface area (Å²) in [5.74, 6) is 0.278. The summed E-state index contributed by atoms with van der Waals surface area (Å²) >= 11 is 1.71. The molecule has 17 heteroatoms. The van der Waals surface area contributed by atoms with Gasteiger partial charge in [0.1, 0.15) is 0 Å². The Kier molecular flexibility index (Phi) is 36.4. The van der Waals surface area contributed by atoms with Gasteiger partial charge in [-0.2, -0.15) is 11.3 Å². The van der Waals surface area contributed by atoms with Gasteiger partial charge in [-0.1, -0.05) is 206 Å². The zero-order valence-corrected chi connectivity index (χ0v) is 77.1. The van der Waals surface area contributed by atoms with Gasteiger partial charge in [0.05, 0.1) is 62.1 Å². The molecule has 8 aromatic carbocycles. The van der Waals surface area contributed by atoms with Gasteiger partial charge in [0, 0.05) is 93.3 Å². The van der Waals surface area contributed by atoms with Gasteiger partial charge in [0.2, 0.25) is 0 Å². The Labute approximate surface area is 735 Å². The average molecular weight is 2250 g/mol. The summed E-state index contributed by atoms with van der Waals surface area (Å²) in [6.45, 7) is 23.8. The first-order valence-corrected chi connectivity index (χ1v) is 39.3. The fourth-order valence-corrected chi connectivity index (χ4v) is 15.5. The Bertz CT molecular complexity index is 5660. The molecule has 0 fully saturated rings. The molecule has 2 unspecified atom stereocenters. The van der Waals surface area contributed by atoms with Crippen molar-refractivity contribution in [2.75, 3.05) is 0 Å². The predicted molar refractivity (Wildman–Crippen MR) is 462 cm³/mol. The molecule has 0 saturated heterocycles. The van der Waals surface area contributed by atoms with E-state index in [1.807, 2.05) is 133 Å². The van der Waals surface area contributed by atoms with E-state index in [0.717, 1.165) is 157 Å². The van der Waals surface area contributed by atoms with Gasteiger partial charge >= 0.3 is 21.1 Å². The Balaban J connectivity index is 0.000000209. The number of hydrogen-bond acceptors (Lipinski definition) is 11. The van der Waals surface area contributed by atoms with Crippen LogP contribution < -0.4 is 15.7 Å². The number of benzene rings is 8. The SMILES string of the molecule is CC(=O)C=C(C)O.CC(=O)C=C(C)O.CCC1=C(CC)C2=NC1=CC1=C(CC)C(CC)C(C=C3N=C(C=c4[n-]c(c(CC)c4CC)=C2)C(CC)=C3CC)[N-]1.[Ir].[Ir].[Ir].[Pt+2].[c-]1ccccc1-c1nc2ccccc2c2ccccc12.[c-]1ccccc1-c1nc2ccccc2nc1-c1ccccc1.[c-]1ccccc1-c1nc2ccccc2s1. The first-order valence-electron chi connectivity index (χ1n) is 38.5. The minimum Gasteiger partial charge on any atom is -0.678 e. The Morgan fingerprint density at radius 3 is 1.37 bits per heavy atom. The number of allylic oxidation sites excluding steroid dienone is 9. The summed E-state index contributed by atoms with van der Waals surface area (Å²) < 4.78 is 1.23. The number of ketones is 2. The van der Waals surface area contributed by atoms with Crippen molar-refractivity contribution < 1.29 is 101 Å². The molecule has 2 N–H and O–H groups in total. The maximum absolute atomic E-state index is 10.0.